The van der Waals surface area contributed by atoms with E-state index in [0.29, 0.717) is 5.76 Å². The standard InChI is InChI=1S/C16H17NO5/c1-20-11-13-7-8-14(22-13)16(19)17-9-15(18)21-10-12-5-3-2-4-6-12/h2-8H,9-11H2,1H3,(H,17,19). The quantitative estimate of drug-likeness (QED) is 0.790. The molecule has 0 atom stereocenters. The van der Waals surface area contributed by atoms with Gasteiger partial charge in [0.05, 0.1) is 0 Å². The van der Waals surface area contributed by atoms with Gasteiger partial charge in [-0.15, -0.1) is 0 Å². The fourth-order valence-corrected chi connectivity index (χ4v) is 1.75. The number of nitrogens with one attached hydrogen (secondary N) is 1. The molecule has 0 saturated carbocycles. The van der Waals surface area contributed by atoms with Crippen LogP contribution < -0.4 is 5.32 Å². The van der Waals surface area contributed by atoms with Crippen LogP contribution in [-0.2, 0) is 27.5 Å². The van der Waals surface area contributed by atoms with Crippen molar-refractivity contribution in [3.8, 4) is 0 Å². The molecule has 2 aromatic rings. The fourth-order valence-electron chi connectivity index (χ4n) is 1.75. The highest BCUT2D eigenvalue weighted by Crippen LogP contribution is 2.08. The van der Waals surface area contributed by atoms with E-state index in [0.717, 1.165) is 5.56 Å². The van der Waals surface area contributed by atoms with Crippen molar-refractivity contribution < 1.29 is 23.5 Å². The molecule has 1 aromatic carbocycles. The van der Waals surface area contributed by atoms with Gasteiger partial charge in [0.2, 0.25) is 0 Å². The summed E-state index contributed by atoms with van der Waals surface area (Å²) in [5.41, 5.74) is 0.886. The highest BCUT2D eigenvalue weighted by Gasteiger charge is 2.13. The van der Waals surface area contributed by atoms with Gasteiger partial charge in [0.15, 0.2) is 5.76 Å². The maximum Gasteiger partial charge on any atom is 0.325 e. The molecule has 0 spiro atoms. The first-order valence-corrected chi connectivity index (χ1v) is 6.74. The van der Waals surface area contributed by atoms with Gasteiger partial charge in [-0.05, 0) is 17.7 Å². The molecule has 0 bridgehead atoms. The van der Waals surface area contributed by atoms with E-state index in [1.54, 1.807) is 6.07 Å². The van der Waals surface area contributed by atoms with Crippen molar-refractivity contribution in [2.24, 2.45) is 0 Å². The Morgan fingerprint density at radius 1 is 1.09 bits per heavy atom. The zero-order chi connectivity index (χ0) is 15.8. The summed E-state index contributed by atoms with van der Waals surface area (Å²) in [7, 11) is 1.53. The number of furan rings is 1. The Morgan fingerprint density at radius 2 is 1.86 bits per heavy atom. The van der Waals surface area contributed by atoms with Crippen LogP contribution in [0.25, 0.3) is 0 Å². The summed E-state index contributed by atoms with van der Waals surface area (Å²) in [5.74, 6) is -0.317. The van der Waals surface area contributed by atoms with E-state index in [4.69, 9.17) is 13.9 Å². The number of esters is 1. The van der Waals surface area contributed by atoms with Gasteiger partial charge in [0.1, 0.15) is 25.5 Å². The number of carbonyl (C=O) groups excluding carboxylic acids is 2. The number of hydrogen-bond acceptors (Lipinski definition) is 5. The van der Waals surface area contributed by atoms with Crippen LogP contribution in [0.2, 0.25) is 0 Å². The minimum absolute atomic E-state index is 0.128. The molecule has 0 saturated heterocycles. The number of benzene rings is 1. The predicted molar refractivity (Wildman–Crippen MR) is 78.0 cm³/mol. The number of ether oxygens (including phenoxy) is 2. The first kappa shape index (κ1) is 15.8. The lowest BCUT2D eigenvalue weighted by molar-refractivity contribution is -0.143. The van der Waals surface area contributed by atoms with Gasteiger partial charge >= 0.3 is 5.97 Å². The topological polar surface area (TPSA) is 77.8 Å². The van der Waals surface area contributed by atoms with Gasteiger partial charge in [-0.1, -0.05) is 30.3 Å². The molecule has 1 amide bonds. The lowest BCUT2D eigenvalue weighted by Gasteiger charge is -2.05. The van der Waals surface area contributed by atoms with Crippen molar-refractivity contribution >= 4 is 11.9 Å². The maximum atomic E-state index is 11.8. The van der Waals surface area contributed by atoms with Crippen LogP contribution in [0.4, 0.5) is 0 Å². The molecule has 0 radical (unpaired) electrons. The summed E-state index contributed by atoms with van der Waals surface area (Å²) in [5, 5.41) is 2.44. The van der Waals surface area contributed by atoms with Crippen LogP contribution in [-0.4, -0.2) is 25.5 Å². The Balaban J connectivity index is 1.74. The van der Waals surface area contributed by atoms with E-state index >= 15 is 0 Å². The lowest BCUT2D eigenvalue weighted by Crippen LogP contribution is -2.30. The second kappa shape index (κ2) is 7.99. The Bertz CT molecular complexity index is 620. The second-order valence-corrected chi connectivity index (χ2v) is 4.53. The molecule has 0 aliphatic rings. The first-order valence-electron chi connectivity index (χ1n) is 6.74. The third-order valence-electron chi connectivity index (χ3n) is 2.81. The molecule has 1 N–H and O–H groups in total. The summed E-state index contributed by atoms with van der Waals surface area (Å²) in [6.07, 6.45) is 0. The number of hydrogen-bond donors (Lipinski definition) is 1. The molecule has 0 fully saturated rings. The van der Waals surface area contributed by atoms with E-state index < -0.39 is 11.9 Å². The third-order valence-corrected chi connectivity index (χ3v) is 2.81. The number of amides is 1. The summed E-state index contributed by atoms with van der Waals surface area (Å²) in [6, 6.07) is 12.5. The number of rotatable bonds is 7. The maximum absolute atomic E-state index is 11.8. The van der Waals surface area contributed by atoms with E-state index in [2.05, 4.69) is 5.32 Å². The number of carbonyl (C=O) groups is 2. The van der Waals surface area contributed by atoms with E-state index in [1.807, 2.05) is 30.3 Å². The van der Waals surface area contributed by atoms with Gasteiger partial charge in [0, 0.05) is 7.11 Å². The number of methoxy groups -OCH3 is 1. The van der Waals surface area contributed by atoms with Gasteiger partial charge in [-0.25, -0.2) is 0 Å². The summed E-state index contributed by atoms with van der Waals surface area (Å²) < 4.78 is 15.2. The average molecular weight is 303 g/mol. The van der Waals surface area contributed by atoms with Crippen molar-refractivity contribution in [2.75, 3.05) is 13.7 Å². The van der Waals surface area contributed by atoms with Crippen LogP contribution >= 0.6 is 0 Å². The van der Waals surface area contributed by atoms with Crippen LogP contribution in [0.5, 0.6) is 0 Å². The Hall–Kier alpha value is -2.60. The van der Waals surface area contributed by atoms with Crippen LogP contribution in [0.1, 0.15) is 21.9 Å². The third kappa shape index (κ3) is 4.75. The average Bonchev–Trinajstić information content (AvgIpc) is 3.01. The molecule has 2 rings (SSSR count). The minimum Gasteiger partial charge on any atom is -0.460 e. The molecule has 22 heavy (non-hydrogen) atoms. The van der Waals surface area contributed by atoms with E-state index in [-0.39, 0.29) is 25.5 Å². The van der Waals surface area contributed by atoms with Crippen molar-refractivity contribution in [3.63, 3.8) is 0 Å². The van der Waals surface area contributed by atoms with Crippen LogP contribution in [0, 0.1) is 0 Å². The molecule has 1 aromatic heterocycles. The largest absolute Gasteiger partial charge is 0.460 e. The monoisotopic (exact) mass is 303 g/mol. The smallest absolute Gasteiger partial charge is 0.325 e. The molecule has 0 aliphatic carbocycles. The second-order valence-electron chi connectivity index (χ2n) is 4.53. The van der Waals surface area contributed by atoms with E-state index in [1.165, 1.54) is 13.2 Å². The van der Waals surface area contributed by atoms with Crippen molar-refractivity contribution in [1.29, 1.82) is 0 Å². The Labute approximate surface area is 128 Å². The molecule has 6 heteroatoms. The SMILES string of the molecule is COCc1ccc(C(=O)NCC(=O)OCc2ccccc2)o1. The van der Waals surface area contributed by atoms with Crippen molar-refractivity contribution in [1.82, 2.24) is 5.32 Å². The molecule has 0 unspecified atom stereocenters. The zero-order valence-corrected chi connectivity index (χ0v) is 12.2. The Morgan fingerprint density at radius 3 is 2.59 bits per heavy atom. The van der Waals surface area contributed by atoms with E-state index in [9.17, 15) is 9.59 Å². The van der Waals surface area contributed by atoms with Crippen molar-refractivity contribution in [3.05, 3.63) is 59.5 Å². The lowest BCUT2D eigenvalue weighted by atomic mass is 10.2. The van der Waals surface area contributed by atoms with Gasteiger partial charge in [0.25, 0.3) is 5.91 Å². The predicted octanol–water partition coefficient (Wildman–Crippen LogP) is 1.90. The molecule has 6 nitrogen and oxygen atoms in total. The van der Waals surface area contributed by atoms with Crippen LogP contribution in [0.15, 0.2) is 46.9 Å². The summed E-state index contributed by atoms with van der Waals surface area (Å²) in [6.45, 7) is 0.243. The van der Waals surface area contributed by atoms with Gasteiger partial charge in [-0.3, -0.25) is 9.59 Å². The molecular weight excluding hydrogens is 286 g/mol. The van der Waals surface area contributed by atoms with Gasteiger partial charge in [-0.2, -0.15) is 0 Å². The minimum atomic E-state index is -0.513. The first-order chi connectivity index (χ1) is 10.7. The normalized spacial score (nSPS) is 10.2. The Kier molecular flexibility index (Phi) is 5.73. The van der Waals surface area contributed by atoms with Crippen LogP contribution in [0.3, 0.4) is 0 Å². The molecule has 1 heterocycles. The fraction of sp³-hybridized carbons (Fsp3) is 0.250. The molecule has 0 aliphatic heterocycles. The van der Waals surface area contributed by atoms with Gasteiger partial charge < -0.3 is 19.2 Å². The van der Waals surface area contributed by atoms with Crippen molar-refractivity contribution in [2.45, 2.75) is 13.2 Å². The summed E-state index contributed by atoms with van der Waals surface area (Å²) in [4.78, 5) is 23.4. The summed E-state index contributed by atoms with van der Waals surface area (Å²) >= 11 is 0. The molecule has 116 valence electrons. The highest BCUT2D eigenvalue weighted by molar-refractivity contribution is 5.93. The zero-order valence-electron chi connectivity index (χ0n) is 12.2. The molecular formula is C16H17NO5. The highest BCUT2D eigenvalue weighted by atomic mass is 16.5.